The summed E-state index contributed by atoms with van der Waals surface area (Å²) in [6.07, 6.45) is 7.00. The van der Waals surface area contributed by atoms with Gasteiger partial charge in [0.05, 0.1) is 18.8 Å². The van der Waals surface area contributed by atoms with Crippen LogP contribution in [0.2, 0.25) is 0 Å². The number of amides is 2. The smallest absolute Gasteiger partial charge is 0.255 e. The third-order valence-electron chi connectivity index (χ3n) is 5.92. The van der Waals surface area contributed by atoms with Gasteiger partial charge in [0, 0.05) is 30.3 Å². The Bertz CT molecular complexity index is 795. The number of allylic oxidation sites excluding steroid dienone is 2. The van der Waals surface area contributed by atoms with Gasteiger partial charge in [-0.15, -0.1) is 0 Å². The minimum atomic E-state index is -0.516. The molecule has 170 valence electrons. The molecule has 1 aromatic carbocycles. The van der Waals surface area contributed by atoms with Gasteiger partial charge in [-0.05, 0) is 50.8 Å². The summed E-state index contributed by atoms with van der Waals surface area (Å²) in [5.41, 5.74) is 2.50. The molecule has 3 fully saturated rings. The van der Waals surface area contributed by atoms with Gasteiger partial charge in [-0.3, -0.25) is 9.59 Å². The van der Waals surface area contributed by atoms with Gasteiger partial charge in [0.25, 0.3) is 5.91 Å². The third kappa shape index (κ3) is 6.06. The van der Waals surface area contributed by atoms with Gasteiger partial charge in [0.1, 0.15) is 18.5 Å². The molecule has 2 saturated carbocycles. The van der Waals surface area contributed by atoms with Gasteiger partial charge >= 0.3 is 0 Å². The first-order chi connectivity index (χ1) is 15.0. The number of fused-ring (bicyclic) bond motifs is 2. The first kappa shape index (κ1) is 23.3. The molecule has 0 spiro atoms. The number of rotatable bonds is 5. The van der Waals surface area contributed by atoms with Crippen LogP contribution >= 0.6 is 0 Å². The molecule has 7 heteroatoms. The van der Waals surface area contributed by atoms with Crippen molar-refractivity contribution in [1.29, 1.82) is 0 Å². The van der Waals surface area contributed by atoms with Crippen LogP contribution in [0.15, 0.2) is 24.3 Å². The van der Waals surface area contributed by atoms with Crippen LogP contribution in [0.1, 0.15) is 48.2 Å². The van der Waals surface area contributed by atoms with Crippen molar-refractivity contribution in [3.63, 3.8) is 0 Å². The molecule has 6 nitrogen and oxygen atoms in total. The van der Waals surface area contributed by atoms with Gasteiger partial charge < -0.3 is 20.1 Å². The zero-order valence-corrected chi connectivity index (χ0v) is 18.5. The molecule has 3 unspecified atom stereocenters. The summed E-state index contributed by atoms with van der Waals surface area (Å²) < 4.78 is 23.3. The molecule has 2 amide bonds. The predicted molar refractivity (Wildman–Crippen MR) is 117 cm³/mol. The van der Waals surface area contributed by atoms with E-state index in [4.69, 9.17) is 9.47 Å². The molecule has 31 heavy (non-hydrogen) atoms. The predicted octanol–water partition coefficient (Wildman–Crippen LogP) is 3.12. The maximum atomic E-state index is 12.7. The van der Waals surface area contributed by atoms with Crippen molar-refractivity contribution in [3.05, 3.63) is 41.0 Å². The second kappa shape index (κ2) is 10.8. The quantitative estimate of drug-likeness (QED) is 0.554. The number of aryl methyl sites for hydroxylation is 1. The molecule has 2 heterocycles. The molecule has 1 saturated heterocycles. The molecular formula is C24H33FN2O4. The van der Waals surface area contributed by atoms with Crippen molar-refractivity contribution >= 4 is 12.3 Å². The molecule has 3 atom stereocenters. The Balaban J connectivity index is 0.000000174. The lowest BCUT2D eigenvalue weighted by Gasteiger charge is -2.11. The van der Waals surface area contributed by atoms with Crippen LogP contribution in [-0.4, -0.2) is 50.4 Å². The van der Waals surface area contributed by atoms with Crippen molar-refractivity contribution in [1.82, 2.24) is 10.6 Å². The van der Waals surface area contributed by atoms with Crippen molar-refractivity contribution < 1.29 is 23.5 Å². The van der Waals surface area contributed by atoms with E-state index in [-0.39, 0.29) is 5.91 Å². The number of hydrogen-bond donors (Lipinski definition) is 2. The summed E-state index contributed by atoms with van der Waals surface area (Å²) >= 11 is 0. The van der Waals surface area contributed by atoms with Crippen LogP contribution in [0.4, 0.5) is 4.39 Å². The Kier molecular flexibility index (Phi) is 8.07. The molecule has 5 rings (SSSR count). The fourth-order valence-electron chi connectivity index (χ4n) is 3.90. The van der Waals surface area contributed by atoms with E-state index in [1.165, 1.54) is 0 Å². The molecule has 4 aliphatic rings. The van der Waals surface area contributed by atoms with Crippen LogP contribution < -0.4 is 15.4 Å². The highest BCUT2D eigenvalue weighted by atomic mass is 19.1. The molecule has 2 aliphatic heterocycles. The van der Waals surface area contributed by atoms with E-state index in [1.807, 2.05) is 45.1 Å². The minimum Gasteiger partial charge on any atom is -0.486 e. The Morgan fingerprint density at radius 2 is 1.87 bits per heavy atom. The van der Waals surface area contributed by atoms with E-state index in [2.05, 4.69) is 10.6 Å². The average molecular weight is 433 g/mol. The number of alkyl halides is 1. The monoisotopic (exact) mass is 432 g/mol. The summed E-state index contributed by atoms with van der Waals surface area (Å²) in [5.74, 6) is 1.74. The number of ether oxygens (including phenoxy) is 2. The normalized spacial score (nSPS) is 27.0. The van der Waals surface area contributed by atoms with E-state index in [9.17, 15) is 14.0 Å². The Morgan fingerprint density at radius 3 is 2.42 bits per heavy atom. The Hall–Kier alpha value is -2.41. The van der Waals surface area contributed by atoms with Gasteiger partial charge in [-0.2, -0.15) is 0 Å². The van der Waals surface area contributed by atoms with E-state index in [0.717, 1.165) is 43.6 Å². The largest absolute Gasteiger partial charge is 0.486 e. The lowest BCUT2D eigenvalue weighted by Crippen LogP contribution is -2.26. The molecule has 1 aromatic rings. The lowest BCUT2D eigenvalue weighted by atomic mass is 10.0. The van der Waals surface area contributed by atoms with Gasteiger partial charge in [0.15, 0.2) is 0 Å². The summed E-state index contributed by atoms with van der Waals surface area (Å²) in [6, 6.07) is 4.54. The van der Waals surface area contributed by atoms with E-state index in [0.29, 0.717) is 41.7 Å². The molecule has 0 aromatic heterocycles. The third-order valence-corrected chi connectivity index (χ3v) is 5.92. The van der Waals surface area contributed by atoms with Crippen LogP contribution in [0.3, 0.4) is 0 Å². The van der Waals surface area contributed by atoms with Crippen LogP contribution in [-0.2, 0) is 16.0 Å². The van der Waals surface area contributed by atoms with Crippen LogP contribution in [0.25, 0.3) is 0 Å². The fraction of sp³-hybridized carbons (Fsp3) is 0.583. The van der Waals surface area contributed by atoms with E-state index < -0.39 is 12.8 Å². The molecule has 2 N–H and O–H groups in total. The van der Waals surface area contributed by atoms with Gasteiger partial charge in [0.2, 0.25) is 6.41 Å². The highest BCUT2D eigenvalue weighted by Crippen LogP contribution is 2.43. The number of benzene rings is 1. The summed E-state index contributed by atoms with van der Waals surface area (Å²) in [6.45, 7) is 7.11. The SMILES string of the molecule is C/C=C\C.Cc1cc2c(c(C(=O)NC3CC3)c1)OC(CF)C2.O=CNC1C2COCC21. The summed E-state index contributed by atoms with van der Waals surface area (Å²) in [7, 11) is 0. The highest BCUT2D eigenvalue weighted by Gasteiger charge is 2.53. The van der Waals surface area contributed by atoms with Crippen molar-refractivity contribution in [2.24, 2.45) is 11.8 Å². The molecule has 0 bridgehead atoms. The maximum Gasteiger partial charge on any atom is 0.255 e. The maximum absolute atomic E-state index is 12.7. The number of nitrogens with one attached hydrogen (secondary N) is 2. The Labute approximate surface area is 183 Å². The van der Waals surface area contributed by atoms with Crippen molar-refractivity contribution in [2.75, 3.05) is 19.9 Å². The lowest BCUT2D eigenvalue weighted by molar-refractivity contribution is -0.109. The second-order valence-electron chi connectivity index (χ2n) is 8.49. The highest BCUT2D eigenvalue weighted by molar-refractivity contribution is 5.98. The number of halogens is 1. The standard InChI is InChI=1S/C14H16FNO2.C6H9NO2.C4H8/c1-8-4-9-6-11(7-15)18-13(9)12(5-8)14(17)16-10-2-3-10;8-3-7-6-4-1-9-2-5(4)6;1-3-4-2/h4-5,10-11H,2-3,6-7H2,1H3,(H,16,17);3-6H,1-2H2,(H,7,8);3-4H,1-2H3/b;;4-3-. The van der Waals surface area contributed by atoms with Crippen LogP contribution in [0, 0.1) is 18.8 Å². The van der Waals surface area contributed by atoms with E-state index >= 15 is 0 Å². The minimum absolute atomic E-state index is 0.100. The zero-order valence-electron chi connectivity index (χ0n) is 18.5. The molecular weight excluding hydrogens is 399 g/mol. The van der Waals surface area contributed by atoms with Crippen molar-refractivity contribution in [2.45, 2.75) is 58.2 Å². The van der Waals surface area contributed by atoms with Gasteiger partial charge in [-0.25, -0.2) is 4.39 Å². The Morgan fingerprint density at radius 1 is 1.19 bits per heavy atom. The number of hydrogen-bond acceptors (Lipinski definition) is 4. The summed E-state index contributed by atoms with van der Waals surface area (Å²) in [5, 5.41) is 5.71. The summed E-state index contributed by atoms with van der Waals surface area (Å²) in [4.78, 5) is 22.1. The topological polar surface area (TPSA) is 76.7 Å². The average Bonchev–Trinajstić information content (AvgIpc) is 3.58. The first-order valence-corrected chi connectivity index (χ1v) is 11.0. The fourth-order valence-corrected chi connectivity index (χ4v) is 3.90. The second-order valence-corrected chi connectivity index (χ2v) is 8.49. The number of carbonyl (C=O) groups excluding carboxylic acids is 2. The van der Waals surface area contributed by atoms with Crippen LogP contribution in [0.5, 0.6) is 5.75 Å². The number of carbonyl (C=O) groups is 2. The van der Waals surface area contributed by atoms with Gasteiger partial charge in [-0.1, -0.05) is 18.2 Å². The molecule has 0 radical (unpaired) electrons. The van der Waals surface area contributed by atoms with Crippen molar-refractivity contribution in [3.8, 4) is 5.75 Å². The zero-order chi connectivity index (χ0) is 22.4. The first-order valence-electron chi connectivity index (χ1n) is 11.0. The van der Waals surface area contributed by atoms with E-state index in [1.54, 1.807) is 0 Å². The molecule has 2 aliphatic carbocycles.